The van der Waals surface area contributed by atoms with E-state index >= 15 is 0 Å². The van der Waals surface area contributed by atoms with Crippen LogP contribution in [0.2, 0.25) is 0 Å². The predicted molar refractivity (Wildman–Crippen MR) is 79.5 cm³/mol. The molecule has 0 aliphatic heterocycles. The van der Waals surface area contributed by atoms with Gasteiger partial charge in [-0.05, 0) is 37.3 Å². The molecule has 110 valence electrons. The SMILES string of the molecule is C[C@@H](F)c1nc(N)nc(N[C@H]2CCCc3ccccc32)n1. The summed E-state index contributed by atoms with van der Waals surface area (Å²) in [5.74, 6) is 0.439. The molecule has 6 heteroatoms. The van der Waals surface area contributed by atoms with Crippen molar-refractivity contribution in [1.29, 1.82) is 0 Å². The maximum atomic E-state index is 13.4. The first-order valence-corrected chi connectivity index (χ1v) is 7.13. The molecule has 0 amide bonds. The molecule has 1 aromatic carbocycles. The predicted octanol–water partition coefficient (Wildman–Crippen LogP) is 2.97. The topological polar surface area (TPSA) is 76.7 Å². The second kappa shape index (κ2) is 5.63. The van der Waals surface area contributed by atoms with E-state index in [0.29, 0.717) is 5.95 Å². The molecule has 0 bridgehead atoms. The Morgan fingerprint density at radius 2 is 2.10 bits per heavy atom. The van der Waals surface area contributed by atoms with Gasteiger partial charge in [-0.15, -0.1) is 0 Å². The monoisotopic (exact) mass is 287 g/mol. The molecule has 2 aromatic rings. The van der Waals surface area contributed by atoms with Crippen molar-refractivity contribution < 1.29 is 4.39 Å². The molecule has 0 saturated heterocycles. The van der Waals surface area contributed by atoms with E-state index in [1.165, 1.54) is 18.1 Å². The van der Waals surface area contributed by atoms with Crippen molar-refractivity contribution in [3.05, 3.63) is 41.2 Å². The van der Waals surface area contributed by atoms with Crippen LogP contribution in [0.1, 0.15) is 48.9 Å². The lowest BCUT2D eigenvalue weighted by atomic mass is 9.88. The van der Waals surface area contributed by atoms with E-state index in [9.17, 15) is 4.39 Å². The van der Waals surface area contributed by atoms with Crippen LogP contribution in [-0.2, 0) is 6.42 Å². The van der Waals surface area contributed by atoms with Gasteiger partial charge in [0, 0.05) is 0 Å². The van der Waals surface area contributed by atoms with Crippen LogP contribution in [0.25, 0.3) is 0 Å². The molecule has 1 aliphatic carbocycles. The zero-order chi connectivity index (χ0) is 14.8. The number of alkyl halides is 1. The van der Waals surface area contributed by atoms with Crippen LogP contribution in [0.15, 0.2) is 24.3 Å². The average Bonchev–Trinajstić information content (AvgIpc) is 2.47. The molecule has 0 unspecified atom stereocenters. The Labute approximate surface area is 122 Å². The highest BCUT2D eigenvalue weighted by Crippen LogP contribution is 2.31. The van der Waals surface area contributed by atoms with Crippen molar-refractivity contribution in [3.63, 3.8) is 0 Å². The first-order chi connectivity index (χ1) is 10.1. The number of nitrogens with zero attached hydrogens (tertiary/aromatic N) is 3. The molecule has 21 heavy (non-hydrogen) atoms. The molecule has 1 heterocycles. The van der Waals surface area contributed by atoms with Crippen molar-refractivity contribution in [2.75, 3.05) is 11.1 Å². The van der Waals surface area contributed by atoms with Crippen molar-refractivity contribution in [3.8, 4) is 0 Å². The fraction of sp³-hybridized carbons (Fsp3) is 0.400. The molecule has 3 N–H and O–H groups in total. The van der Waals surface area contributed by atoms with Crippen LogP contribution < -0.4 is 11.1 Å². The summed E-state index contributed by atoms with van der Waals surface area (Å²) in [6.07, 6.45) is 1.90. The Hall–Kier alpha value is -2.24. The Morgan fingerprint density at radius 1 is 1.29 bits per heavy atom. The highest BCUT2D eigenvalue weighted by Gasteiger charge is 2.21. The standard InChI is InChI=1S/C15H18FN5/c1-9(16)13-19-14(17)21-15(20-13)18-12-8-4-6-10-5-2-3-7-11(10)12/h2-3,5,7,9,12H,4,6,8H2,1H3,(H3,17,18,19,20,21)/t9-,12+/m1/s1. The third-order valence-corrected chi connectivity index (χ3v) is 3.70. The molecule has 2 atom stereocenters. The number of fused-ring (bicyclic) bond motifs is 1. The number of hydrogen-bond acceptors (Lipinski definition) is 5. The Balaban J connectivity index is 1.88. The van der Waals surface area contributed by atoms with Gasteiger partial charge in [0.1, 0.15) is 0 Å². The number of nitrogens with two attached hydrogens (primary N) is 1. The lowest BCUT2D eigenvalue weighted by Gasteiger charge is -2.26. The van der Waals surface area contributed by atoms with E-state index in [0.717, 1.165) is 19.3 Å². The molecule has 5 nitrogen and oxygen atoms in total. The maximum Gasteiger partial charge on any atom is 0.228 e. The van der Waals surface area contributed by atoms with Gasteiger partial charge in [0.2, 0.25) is 11.9 Å². The fourth-order valence-electron chi connectivity index (χ4n) is 2.71. The van der Waals surface area contributed by atoms with Crippen molar-refractivity contribution in [1.82, 2.24) is 15.0 Å². The first-order valence-electron chi connectivity index (χ1n) is 7.13. The molecular formula is C15H18FN5. The number of hydrogen-bond donors (Lipinski definition) is 2. The van der Waals surface area contributed by atoms with Gasteiger partial charge in [-0.3, -0.25) is 0 Å². The summed E-state index contributed by atoms with van der Waals surface area (Å²) in [5.41, 5.74) is 8.21. The van der Waals surface area contributed by atoms with E-state index in [1.54, 1.807) is 0 Å². The molecule has 1 aromatic heterocycles. The Kier molecular flexibility index (Phi) is 3.68. The molecule has 0 spiro atoms. The third kappa shape index (κ3) is 2.94. The smallest absolute Gasteiger partial charge is 0.228 e. The van der Waals surface area contributed by atoms with Crippen LogP contribution in [0.3, 0.4) is 0 Å². The van der Waals surface area contributed by atoms with Gasteiger partial charge >= 0.3 is 0 Å². The van der Waals surface area contributed by atoms with Crippen molar-refractivity contribution in [2.45, 2.75) is 38.4 Å². The summed E-state index contributed by atoms with van der Waals surface area (Å²) in [6.45, 7) is 1.38. The minimum absolute atomic E-state index is 0.0381. The number of nitrogen functional groups attached to an aromatic ring is 1. The summed E-state index contributed by atoms with van der Waals surface area (Å²) < 4.78 is 13.4. The second-order valence-electron chi connectivity index (χ2n) is 5.28. The Bertz CT molecular complexity index is 644. The molecule has 1 aliphatic rings. The van der Waals surface area contributed by atoms with Crippen LogP contribution in [0.5, 0.6) is 0 Å². The van der Waals surface area contributed by atoms with Gasteiger partial charge in [0.15, 0.2) is 12.0 Å². The van der Waals surface area contributed by atoms with E-state index < -0.39 is 6.17 Å². The fourth-order valence-corrected chi connectivity index (χ4v) is 2.71. The van der Waals surface area contributed by atoms with Gasteiger partial charge in [-0.2, -0.15) is 15.0 Å². The minimum atomic E-state index is -1.27. The normalized spacial score (nSPS) is 18.9. The van der Waals surface area contributed by atoms with E-state index in [2.05, 4.69) is 32.4 Å². The maximum absolute atomic E-state index is 13.4. The van der Waals surface area contributed by atoms with Crippen LogP contribution >= 0.6 is 0 Å². The van der Waals surface area contributed by atoms with Gasteiger partial charge < -0.3 is 11.1 Å². The van der Waals surface area contributed by atoms with Gasteiger partial charge in [-0.1, -0.05) is 24.3 Å². The summed E-state index contributed by atoms with van der Waals surface area (Å²) in [6, 6.07) is 8.44. The summed E-state index contributed by atoms with van der Waals surface area (Å²) >= 11 is 0. The lowest BCUT2D eigenvalue weighted by Crippen LogP contribution is -2.19. The first kappa shape index (κ1) is 13.7. The molecular weight excluding hydrogens is 269 g/mol. The van der Waals surface area contributed by atoms with E-state index in [-0.39, 0.29) is 17.8 Å². The minimum Gasteiger partial charge on any atom is -0.368 e. The summed E-state index contributed by atoms with van der Waals surface area (Å²) in [7, 11) is 0. The van der Waals surface area contributed by atoms with Crippen molar-refractivity contribution in [2.24, 2.45) is 0 Å². The molecule has 0 radical (unpaired) electrons. The Morgan fingerprint density at radius 3 is 2.90 bits per heavy atom. The van der Waals surface area contributed by atoms with Crippen LogP contribution in [-0.4, -0.2) is 15.0 Å². The quantitative estimate of drug-likeness (QED) is 0.907. The lowest BCUT2D eigenvalue weighted by molar-refractivity contribution is 0.356. The number of aryl methyl sites for hydroxylation is 1. The van der Waals surface area contributed by atoms with E-state index in [4.69, 9.17) is 5.73 Å². The summed E-state index contributed by atoms with van der Waals surface area (Å²) in [4.78, 5) is 12.0. The number of rotatable bonds is 3. The number of benzene rings is 1. The van der Waals surface area contributed by atoms with Gasteiger partial charge in [0.25, 0.3) is 0 Å². The van der Waals surface area contributed by atoms with E-state index in [1.807, 2.05) is 12.1 Å². The van der Waals surface area contributed by atoms with Crippen molar-refractivity contribution >= 4 is 11.9 Å². The number of nitrogens with one attached hydrogen (secondary N) is 1. The molecule has 3 rings (SSSR count). The van der Waals surface area contributed by atoms with Gasteiger partial charge in [0.05, 0.1) is 6.04 Å². The van der Waals surface area contributed by atoms with Crippen LogP contribution in [0.4, 0.5) is 16.3 Å². The second-order valence-corrected chi connectivity index (χ2v) is 5.28. The highest BCUT2D eigenvalue weighted by atomic mass is 19.1. The molecule has 0 fully saturated rings. The summed E-state index contributed by atoms with van der Waals surface area (Å²) in [5, 5.41) is 3.26. The largest absolute Gasteiger partial charge is 0.368 e. The highest BCUT2D eigenvalue weighted by molar-refractivity contribution is 5.40. The molecule has 0 saturated carbocycles. The third-order valence-electron chi connectivity index (χ3n) is 3.70. The van der Waals surface area contributed by atoms with Crippen LogP contribution in [0, 0.1) is 0 Å². The number of halogens is 1. The number of aromatic nitrogens is 3. The number of anilines is 2. The zero-order valence-electron chi connectivity index (χ0n) is 11.9. The zero-order valence-corrected chi connectivity index (χ0v) is 11.9. The average molecular weight is 287 g/mol. The van der Waals surface area contributed by atoms with Gasteiger partial charge in [-0.25, -0.2) is 4.39 Å².